The van der Waals surface area contributed by atoms with E-state index in [1.165, 1.54) is 16.3 Å². The summed E-state index contributed by atoms with van der Waals surface area (Å²) in [6.45, 7) is 2.83. The highest BCUT2D eigenvalue weighted by molar-refractivity contribution is 5.91. The molecule has 2 aromatic carbocycles. The molecular formula is C18H19N5O. The quantitative estimate of drug-likeness (QED) is 0.796. The maximum absolute atomic E-state index is 11.8. The van der Waals surface area contributed by atoms with Gasteiger partial charge in [0.05, 0.1) is 6.54 Å². The van der Waals surface area contributed by atoms with E-state index >= 15 is 0 Å². The normalized spacial score (nSPS) is 14.0. The number of hydrogen-bond acceptors (Lipinski definition) is 4. The van der Waals surface area contributed by atoms with Crippen molar-refractivity contribution in [2.45, 2.75) is 19.6 Å². The van der Waals surface area contributed by atoms with E-state index < -0.39 is 0 Å². The molecule has 0 unspecified atom stereocenters. The third-order valence-electron chi connectivity index (χ3n) is 4.38. The lowest BCUT2D eigenvalue weighted by molar-refractivity contribution is 0.0920. The number of hydrogen-bond donors (Lipinski definition) is 1. The van der Waals surface area contributed by atoms with Gasteiger partial charge in [-0.3, -0.25) is 9.69 Å². The van der Waals surface area contributed by atoms with Crippen molar-refractivity contribution in [1.29, 1.82) is 0 Å². The second-order valence-electron chi connectivity index (χ2n) is 6.16. The van der Waals surface area contributed by atoms with Crippen LogP contribution in [0.3, 0.4) is 0 Å². The largest absolute Gasteiger partial charge is 0.348 e. The molecule has 0 atom stereocenters. The van der Waals surface area contributed by atoms with Gasteiger partial charge in [-0.15, -0.1) is 10.2 Å². The minimum Gasteiger partial charge on any atom is -0.348 e. The number of benzene rings is 2. The van der Waals surface area contributed by atoms with Crippen molar-refractivity contribution >= 4 is 16.7 Å². The van der Waals surface area contributed by atoms with Gasteiger partial charge in [0.15, 0.2) is 0 Å². The Morgan fingerprint density at radius 1 is 1.12 bits per heavy atom. The van der Waals surface area contributed by atoms with E-state index in [2.05, 4.69) is 69.9 Å². The van der Waals surface area contributed by atoms with Crippen LogP contribution in [0.5, 0.6) is 0 Å². The molecule has 1 aliphatic heterocycles. The van der Waals surface area contributed by atoms with E-state index in [-0.39, 0.29) is 5.91 Å². The molecule has 2 heterocycles. The molecule has 6 nitrogen and oxygen atoms in total. The Hall–Kier alpha value is -2.73. The number of amides is 1. The highest BCUT2D eigenvalue weighted by atomic mass is 16.2. The topological polar surface area (TPSA) is 63.1 Å². The molecule has 0 saturated heterocycles. The van der Waals surface area contributed by atoms with E-state index in [1.54, 1.807) is 0 Å². The van der Waals surface area contributed by atoms with Gasteiger partial charge >= 0.3 is 0 Å². The van der Waals surface area contributed by atoms with Crippen LogP contribution in [0.4, 0.5) is 0 Å². The second-order valence-corrected chi connectivity index (χ2v) is 6.16. The molecule has 1 N–H and O–H groups in total. The van der Waals surface area contributed by atoms with Crippen molar-refractivity contribution in [2.24, 2.45) is 0 Å². The maximum Gasteiger partial charge on any atom is 0.289 e. The summed E-state index contributed by atoms with van der Waals surface area (Å²) in [5, 5.41) is 13.5. The van der Waals surface area contributed by atoms with Gasteiger partial charge in [0.25, 0.3) is 5.91 Å². The van der Waals surface area contributed by atoms with Crippen molar-refractivity contribution in [2.75, 3.05) is 13.6 Å². The summed E-state index contributed by atoms with van der Waals surface area (Å²) in [6.07, 6.45) is 0. The third-order valence-corrected chi connectivity index (χ3v) is 4.38. The van der Waals surface area contributed by atoms with Gasteiger partial charge in [-0.1, -0.05) is 42.5 Å². The first-order valence-corrected chi connectivity index (χ1v) is 8.08. The molecule has 1 aromatic heterocycles. The molecule has 0 bridgehead atoms. The third kappa shape index (κ3) is 2.65. The van der Waals surface area contributed by atoms with Crippen LogP contribution in [-0.4, -0.2) is 39.2 Å². The van der Waals surface area contributed by atoms with Crippen molar-refractivity contribution in [3.63, 3.8) is 0 Å². The molecule has 122 valence electrons. The Balaban J connectivity index is 1.55. The predicted molar refractivity (Wildman–Crippen MR) is 91.5 cm³/mol. The zero-order chi connectivity index (χ0) is 16.5. The van der Waals surface area contributed by atoms with E-state index in [0.29, 0.717) is 18.9 Å². The number of aromatic nitrogens is 3. The van der Waals surface area contributed by atoms with E-state index in [1.807, 2.05) is 4.57 Å². The minimum atomic E-state index is -0.142. The lowest BCUT2D eigenvalue weighted by atomic mass is 10.0. The Morgan fingerprint density at radius 2 is 1.96 bits per heavy atom. The fourth-order valence-corrected chi connectivity index (χ4v) is 3.23. The fourth-order valence-electron chi connectivity index (χ4n) is 3.23. The van der Waals surface area contributed by atoms with Crippen molar-refractivity contribution in [3.05, 3.63) is 59.7 Å². The summed E-state index contributed by atoms with van der Waals surface area (Å²) in [5.74, 6) is 1.11. The molecule has 0 aliphatic carbocycles. The van der Waals surface area contributed by atoms with Crippen LogP contribution in [-0.2, 0) is 19.6 Å². The zero-order valence-corrected chi connectivity index (χ0v) is 13.6. The molecule has 0 fully saturated rings. The van der Waals surface area contributed by atoms with Crippen molar-refractivity contribution < 1.29 is 4.79 Å². The van der Waals surface area contributed by atoms with Crippen LogP contribution in [0.1, 0.15) is 22.0 Å². The van der Waals surface area contributed by atoms with Crippen LogP contribution in [0.25, 0.3) is 10.8 Å². The number of rotatable bonds is 4. The number of carbonyl (C=O) groups excluding carboxylic acids is 1. The molecule has 6 heteroatoms. The standard InChI is InChI=1S/C18H19N5O/c1-22(11-14-7-4-6-13-5-2-3-8-15(13)14)12-16-20-21-17-18(24)19-9-10-23(16)17/h2-8H,9-12H2,1H3,(H,19,24). The average molecular weight is 321 g/mol. The van der Waals surface area contributed by atoms with E-state index in [0.717, 1.165) is 18.9 Å². The lowest BCUT2D eigenvalue weighted by Crippen LogP contribution is -2.36. The average Bonchev–Trinajstić information content (AvgIpc) is 2.99. The Bertz CT molecular complexity index is 896. The molecule has 0 saturated carbocycles. The molecule has 3 aromatic rings. The zero-order valence-electron chi connectivity index (χ0n) is 13.6. The van der Waals surface area contributed by atoms with Gasteiger partial charge < -0.3 is 9.88 Å². The number of nitrogens with one attached hydrogen (secondary N) is 1. The van der Waals surface area contributed by atoms with Crippen molar-refractivity contribution in [3.8, 4) is 0 Å². The number of fused-ring (bicyclic) bond motifs is 2. The Morgan fingerprint density at radius 3 is 2.88 bits per heavy atom. The van der Waals surface area contributed by atoms with Gasteiger partial charge in [0, 0.05) is 19.6 Å². The highest BCUT2D eigenvalue weighted by Crippen LogP contribution is 2.20. The van der Waals surface area contributed by atoms with Crippen LogP contribution < -0.4 is 5.32 Å². The van der Waals surface area contributed by atoms with Gasteiger partial charge in [0.2, 0.25) is 5.82 Å². The van der Waals surface area contributed by atoms with Crippen LogP contribution in [0.15, 0.2) is 42.5 Å². The summed E-state index contributed by atoms with van der Waals surface area (Å²) in [6, 6.07) is 14.8. The SMILES string of the molecule is CN(Cc1cccc2ccccc12)Cc1nnc2n1CCNC2=O. The maximum atomic E-state index is 11.8. The van der Waals surface area contributed by atoms with Crippen molar-refractivity contribution in [1.82, 2.24) is 25.0 Å². The second kappa shape index (κ2) is 6.05. The molecule has 0 radical (unpaired) electrons. The summed E-state index contributed by atoms with van der Waals surface area (Å²) >= 11 is 0. The molecular weight excluding hydrogens is 302 g/mol. The smallest absolute Gasteiger partial charge is 0.289 e. The van der Waals surface area contributed by atoms with Gasteiger partial charge in [-0.05, 0) is 23.4 Å². The summed E-state index contributed by atoms with van der Waals surface area (Å²) in [4.78, 5) is 14.0. The van der Waals surface area contributed by atoms with Crippen LogP contribution in [0.2, 0.25) is 0 Å². The monoisotopic (exact) mass is 321 g/mol. The first-order valence-electron chi connectivity index (χ1n) is 8.08. The van der Waals surface area contributed by atoms with Crippen LogP contribution in [0, 0.1) is 0 Å². The van der Waals surface area contributed by atoms with Gasteiger partial charge in [-0.25, -0.2) is 0 Å². The Labute approximate surface area is 140 Å². The predicted octanol–water partition coefficient (Wildman–Crippen LogP) is 1.81. The highest BCUT2D eigenvalue weighted by Gasteiger charge is 2.22. The van der Waals surface area contributed by atoms with Gasteiger partial charge in [-0.2, -0.15) is 0 Å². The van der Waals surface area contributed by atoms with Gasteiger partial charge in [0.1, 0.15) is 5.82 Å². The molecule has 1 amide bonds. The Kier molecular flexibility index (Phi) is 3.74. The van der Waals surface area contributed by atoms with E-state index in [4.69, 9.17) is 0 Å². The molecule has 4 rings (SSSR count). The number of nitrogens with zero attached hydrogens (tertiary/aromatic N) is 4. The lowest BCUT2D eigenvalue weighted by Gasteiger charge is -2.20. The molecule has 1 aliphatic rings. The number of carbonyl (C=O) groups is 1. The first kappa shape index (κ1) is 14.8. The van der Waals surface area contributed by atoms with E-state index in [9.17, 15) is 4.79 Å². The first-order chi connectivity index (χ1) is 11.7. The molecule has 24 heavy (non-hydrogen) atoms. The summed E-state index contributed by atoms with van der Waals surface area (Å²) in [5.41, 5.74) is 1.28. The fraction of sp³-hybridized carbons (Fsp3) is 0.278. The minimum absolute atomic E-state index is 0.142. The van der Waals surface area contributed by atoms with Crippen LogP contribution >= 0.6 is 0 Å². The molecule has 0 spiro atoms. The summed E-state index contributed by atoms with van der Waals surface area (Å²) < 4.78 is 1.92. The summed E-state index contributed by atoms with van der Waals surface area (Å²) in [7, 11) is 2.06.